The largest absolute Gasteiger partial charge is 0.342 e. The summed E-state index contributed by atoms with van der Waals surface area (Å²) < 4.78 is 3.93. The van der Waals surface area contributed by atoms with Crippen molar-refractivity contribution in [2.45, 2.75) is 19.9 Å². The number of amides is 1. The molecule has 0 unspecified atom stereocenters. The number of hydrogen-bond donors (Lipinski definition) is 1. The smallest absolute Gasteiger partial charge is 0.274 e. The monoisotopic (exact) mass is 363 g/mol. The lowest BCUT2D eigenvalue weighted by Crippen LogP contribution is -2.16. The van der Waals surface area contributed by atoms with E-state index >= 15 is 0 Å². The molecule has 108 valence electrons. The zero-order valence-electron chi connectivity index (χ0n) is 11.5. The molecule has 3 aromatic rings. The second-order valence-corrected chi connectivity index (χ2v) is 6.62. The molecule has 1 amide bonds. The lowest BCUT2D eigenvalue weighted by molar-refractivity contribution is 0.101. The fourth-order valence-corrected chi connectivity index (χ4v) is 3.50. The van der Waals surface area contributed by atoms with Crippen molar-refractivity contribution in [3.05, 3.63) is 46.7 Å². The first-order chi connectivity index (χ1) is 10.2. The van der Waals surface area contributed by atoms with Gasteiger partial charge in [0.25, 0.3) is 5.91 Å². The highest BCUT2D eigenvalue weighted by Gasteiger charge is 2.14. The van der Waals surface area contributed by atoms with Gasteiger partial charge in [0.15, 0.2) is 5.13 Å². The summed E-state index contributed by atoms with van der Waals surface area (Å²) in [5.74, 6) is -0.131. The third-order valence-electron chi connectivity index (χ3n) is 3.07. The van der Waals surface area contributed by atoms with E-state index in [9.17, 15) is 4.79 Å². The van der Waals surface area contributed by atoms with Crippen LogP contribution in [0.2, 0.25) is 0 Å². The second-order valence-electron chi connectivity index (χ2n) is 4.68. The number of benzene rings is 1. The number of hydrogen-bond acceptors (Lipinski definition) is 3. The van der Waals surface area contributed by atoms with Crippen LogP contribution in [0, 0.1) is 0 Å². The lowest BCUT2D eigenvalue weighted by atomic mass is 10.3. The van der Waals surface area contributed by atoms with E-state index in [1.54, 1.807) is 0 Å². The van der Waals surface area contributed by atoms with Crippen molar-refractivity contribution in [3.63, 3.8) is 0 Å². The minimum Gasteiger partial charge on any atom is -0.342 e. The average Bonchev–Trinajstić information content (AvgIpc) is 3.02. The van der Waals surface area contributed by atoms with Crippen LogP contribution in [-0.2, 0) is 6.54 Å². The van der Waals surface area contributed by atoms with Crippen LogP contribution in [0.1, 0.15) is 23.8 Å². The van der Waals surface area contributed by atoms with Crippen LogP contribution in [-0.4, -0.2) is 15.5 Å². The standard InChI is InChI=1S/C15H14BrN3OS/c1-2-7-19-9-10(16)8-12(19)14(20)18-15-17-11-5-3-4-6-13(11)21-15/h3-6,8-9H,2,7H2,1H3,(H,17,18,20). The van der Waals surface area contributed by atoms with Crippen molar-refractivity contribution in [2.24, 2.45) is 0 Å². The van der Waals surface area contributed by atoms with Gasteiger partial charge in [-0.2, -0.15) is 0 Å². The van der Waals surface area contributed by atoms with E-state index in [4.69, 9.17) is 0 Å². The summed E-state index contributed by atoms with van der Waals surface area (Å²) >= 11 is 4.90. The number of nitrogens with one attached hydrogen (secondary N) is 1. The van der Waals surface area contributed by atoms with Crippen molar-refractivity contribution in [1.29, 1.82) is 0 Å². The van der Waals surface area contributed by atoms with Crippen molar-refractivity contribution in [1.82, 2.24) is 9.55 Å². The molecule has 1 N–H and O–H groups in total. The predicted molar refractivity (Wildman–Crippen MR) is 90.0 cm³/mol. The number of aromatic nitrogens is 2. The van der Waals surface area contributed by atoms with Gasteiger partial charge in [0.2, 0.25) is 0 Å². The molecule has 4 nitrogen and oxygen atoms in total. The fourth-order valence-electron chi connectivity index (χ4n) is 2.18. The van der Waals surface area contributed by atoms with Crippen molar-refractivity contribution in [3.8, 4) is 0 Å². The molecule has 0 atom stereocenters. The van der Waals surface area contributed by atoms with Crippen LogP contribution >= 0.6 is 27.3 Å². The summed E-state index contributed by atoms with van der Waals surface area (Å²) in [4.78, 5) is 16.8. The van der Waals surface area contributed by atoms with Crippen LogP contribution in [0.3, 0.4) is 0 Å². The molecule has 6 heteroatoms. The van der Waals surface area contributed by atoms with Gasteiger partial charge >= 0.3 is 0 Å². The zero-order valence-corrected chi connectivity index (χ0v) is 13.9. The molecule has 0 saturated carbocycles. The van der Waals surface area contributed by atoms with Gasteiger partial charge in [0, 0.05) is 17.2 Å². The van der Waals surface area contributed by atoms with Crippen LogP contribution in [0.15, 0.2) is 41.0 Å². The van der Waals surface area contributed by atoms with Gasteiger partial charge in [-0.3, -0.25) is 10.1 Å². The van der Waals surface area contributed by atoms with Gasteiger partial charge in [-0.1, -0.05) is 30.4 Å². The Morgan fingerprint density at radius 1 is 1.43 bits per heavy atom. The van der Waals surface area contributed by atoms with E-state index < -0.39 is 0 Å². The molecule has 0 fully saturated rings. The maximum Gasteiger partial charge on any atom is 0.274 e. The Bertz CT molecular complexity index is 760. The van der Waals surface area contributed by atoms with Gasteiger partial charge in [0.05, 0.1) is 10.2 Å². The zero-order chi connectivity index (χ0) is 14.8. The van der Waals surface area contributed by atoms with E-state index in [0.29, 0.717) is 10.8 Å². The minimum atomic E-state index is -0.131. The number of carbonyl (C=O) groups excluding carboxylic acids is 1. The van der Waals surface area contributed by atoms with Crippen LogP contribution < -0.4 is 5.32 Å². The molecule has 0 radical (unpaired) electrons. The quantitative estimate of drug-likeness (QED) is 0.740. The third-order valence-corrected chi connectivity index (χ3v) is 4.46. The average molecular weight is 364 g/mol. The summed E-state index contributed by atoms with van der Waals surface area (Å²) in [6.07, 6.45) is 2.90. The van der Waals surface area contributed by atoms with E-state index in [1.165, 1.54) is 11.3 Å². The fraction of sp³-hybridized carbons (Fsp3) is 0.200. The van der Waals surface area contributed by atoms with E-state index in [0.717, 1.165) is 27.7 Å². The molecule has 0 saturated heterocycles. The summed E-state index contributed by atoms with van der Waals surface area (Å²) in [7, 11) is 0. The summed E-state index contributed by atoms with van der Waals surface area (Å²) in [5, 5.41) is 3.51. The van der Waals surface area contributed by atoms with Gasteiger partial charge in [-0.05, 0) is 40.5 Å². The van der Waals surface area contributed by atoms with Gasteiger partial charge in [-0.15, -0.1) is 0 Å². The number of thiazole rings is 1. The first-order valence-corrected chi connectivity index (χ1v) is 8.31. The molecule has 0 spiro atoms. The Morgan fingerprint density at radius 3 is 3.00 bits per heavy atom. The van der Waals surface area contributed by atoms with Crippen LogP contribution in [0.5, 0.6) is 0 Å². The maximum atomic E-state index is 12.4. The lowest BCUT2D eigenvalue weighted by Gasteiger charge is -2.06. The highest BCUT2D eigenvalue weighted by molar-refractivity contribution is 9.10. The Balaban J connectivity index is 1.85. The Labute approximate surface area is 134 Å². The van der Waals surface area contributed by atoms with Gasteiger partial charge in [0.1, 0.15) is 5.69 Å². The van der Waals surface area contributed by atoms with Crippen LogP contribution in [0.4, 0.5) is 5.13 Å². The number of anilines is 1. The molecule has 2 aromatic heterocycles. The van der Waals surface area contributed by atoms with E-state index in [2.05, 4.69) is 33.2 Å². The second kappa shape index (κ2) is 5.99. The number of fused-ring (bicyclic) bond motifs is 1. The maximum absolute atomic E-state index is 12.4. The Morgan fingerprint density at radius 2 is 2.24 bits per heavy atom. The minimum absolute atomic E-state index is 0.131. The molecule has 0 aliphatic heterocycles. The number of halogens is 1. The molecule has 0 aliphatic rings. The van der Waals surface area contributed by atoms with Crippen molar-refractivity contribution in [2.75, 3.05) is 5.32 Å². The predicted octanol–water partition coefficient (Wildman–Crippen LogP) is 4.52. The molecule has 3 rings (SSSR count). The number of rotatable bonds is 4. The summed E-state index contributed by atoms with van der Waals surface area (Å²) in [6, 6.07) is 9.68. The highest BCUT2D eigenvalue weighted by atomic mass is 79.9. The molecular formula is C15H14BrN3OS. The first-order valence-electron chi connectivity index (χ1n) is 6.70. The number of carbonyl (C=O) groups is 1. The SMILES string of the molecule is CCCn1cc(Br)cc1C(=O)Nc1nc2ccccc2s1. The first kappa shape index (κ1) is 14.3. The molecule has 0 aliphatic carbocycles. The number of nitrogens with zero attached hydrogens (tertiary/aromatic N) is 2. The van der Waals surface area contributed by atoms with Crippen LogP contribution in [0.25, 0.3) is 10.2 Å². The molecule has 0 bridgehead atoms. The molecule has 1 aromatic carbocycles. The number of aryl methyl sites for hydroxylation is 1. The molecule has 2 heterocycles. The summed E-state index contributed by atoms with van der Waals surface area (Å²) in [5.41, 5.74) is 1.55. The van der Waals surface area contributed by atoms with Gasteiger partial charge in [-0.25, -0.2) is 4.98 Å². The molecule has 21 heavy (non-hydrogen) atoms. The Hall–Kier alpha value is -1.66. The third kappa shape index (κ3) is 3.01. The van der Waals surface area contributed by atoms with E-state index in [1.807, 2.05) is 41.1 Å². The van der Waals surface area contributed by atoms with Gasteiger partial charge < -0.3 is 4.57 Å². The number of para-hydroxylation sites is 1. The van der Waals surface area contributed by atoms with Crippen molar-refractivity contribution >= 4 is 48.5 Å². The summed E-state index contributed by atoms with van der Waals surface area (Å²) in [6.45, 7) is 2.90. The Kier molecular flexibility index (Phi) is 4.07. The van der Waals surface area contributed by atoms with E-state index in [-0.39, 0.29) is 5.91 Å². The topological polar surface area (TPSA) is 46.9 Å². The highest BCUT2D eigenvalue weighted by Crippen LogP contribution is 2.26. The molecular weight excluding hydrogens is 350 g/mol. The normalized spacial score (nSPS) is 11.0. The van der Waals surface area contributed by atoms with Crippen molar-refractivity contribution < 1.29 is 4.79 Å².